The highest BCUT2D eigenvalue weighted by Gasteiger charge is 2.16. The van der Waals surface area contributed by atoms with Crippen molar-refractivity contribution in [3.63, 3.8) is 0 Å². The molecule has 0 amide bonds. The molecule has 0 saturated heterocycles. The van der Waals surface area contributed by atoms with Crippen LogP contribution < -0.4 is 5.73 Å². The number of aromatic nitrogens is 2. The van der Waals surface area contributed by atoms with Gasteiger partial charge in [-0.2, -0.15) is 5.26 Å². The maximum atomic E-state index is 8.86. The zero-order valence-electron chi connectivity index (χ0n) is 12.3. The van der Waals surface area contributed by atoms with E-state index in [1.54, 1.807) is 12.1 Å². The van der Waals surface area contributed by atoms with E-state index >= 15 is 0 Å². The first-order valence-electron chi connectivity index (χ1n) is 7.23. The van der Waals surface area contributed by atoms with Crippen molar-refractivity contribution < 1.29 is 0 Å². The number of hydrogen-bond donors (Lipinski definition) is 2. The van der Waals surface area contributed by atoms with Crippen molar-refractivity contribution in [2.24, 2.45) is 5.73 Å². The van der Waals surface area contributed by atoms with E-state index in [4.69, 9.17) is 22.6 Å². The molecule has 0 radical (unpaired) electrons. The molecule has 114 valence electrons. The topological polar surface area (TPSA) is 78.5 Å². The number of imidazole rings is 1. The summed E-state index contributed by atoms with van der Waals surface area (Å²) >= 11 is 6.26. The minimum atomic E-state index is -0.262. The molecule has 0 fully saturated rings. The van der Waals surface area contributed by atoms with Gasteiger partial charge in [0.2, 0.25) is 0 Å². The van der Waals surface area contributed by atoms with E-state index in [1.165, 1.54) is 0 Å². The van der Waals surface area contributed by atoms with Crippen LogP contribution in [0.1, 0.15) is 23.0 Å². The normalized spacial score (nSPS) is 11.9. The van der Waals surface area contributed by atoms with Crippen LogP contribution in [0.5, 0.6) is 0 Å². The van der Waals surface area contributed by atoms with Gasteiger partial charge in [0.25, 0.3) is 0 Å². The van der Waals surface area contributed by atoms with Crippen LogP contribution in [0.25, 0.3) is 11.3 Å². The Morgan fingerprint density at radius 2 is 1.83 bits per heavy atom. The zero-order chi connectivity index (χ0) is 16.2. The highest BCUT2D eigenvalue weighted by atomic mass is 35.5. The third-order valence-electron chi connectivity index (χ3n) is 3.62. The molecule has 3 rings (SSSR count). The molecule has 4 nitrogen and oxygen atoms in total. The number of hydrogen-bond acceptors (Lipinski definition) is 3. The summed E-state index contributed by atoms with van der Waals surface area (Å²) in [5.41, 5.74) is 9.48. The number of nitriles is 1. The molecule has 1 aromatic heterocycles. The van der Waals surface area contributed by atoms with Gasteiger partial charge < -0.3 is 10.7 Å². The summed E-state index contributed by atoms with van der Waals surface area (Å²) in [6.45, 7) is 0. The predicted molar refractivity (Wildman–Crippen MR) is 90.8 cm³/mol. The third kappa shape index (κ3) is 3.42. The van der Waals surface area contributed by atoms with Crippen LogP contribution in [0.4, 0.5) is 0 Å². The van der Waals surface area contributed by atoms with Gasteiger partial charge in [-0.1, -0.05) is 54.1 Å². The fraction of sp³-hybridized carbons (Fsp3) is 0.111. The monoisotopic (exact) mass is 322 g/mol. The first kappa shape index (κ1) is 15.3. The van der Waals surface area contributed by atoms with Crippen LogP contribution in [0.3, 0.4) is 0 Å². The first-order chi connectivity index (χ1) is 11.2. The van der Waals surface area contributed by atoms with Gasteiger partial charge in [0.1, 0.15) is 16.7 Å². The van der Waals surface area contributed by atoms with E-state index in [2.05, 4.69) is 16.0 Å². The summed E-state index contributed by atoms with van der Waals surface area (Å²) in [6.07, 6.45) is 0.678. The Kier molecular flexibility index (Phi) is 4.42. The lowest BCUT2D eigenvalue weighted by Gasteiger charge is -2.08. The smallest absolute Gasteiger partial charge is 0.134 e. The molecular formula is C18H15ClN4. The quantitative estimate of drug-likeness (QED) is 0.766. The molecule has 0 spiro atoms. The van der Waals surface area contributed by atoms with E-state index in [-0.39, 0.29) is 6.04 Å². The number of nitrogens with zero attached hydrogens (tertiary/aromatic N) is 2. The van der Waals surface area contributed by atoms with E-state index < -0.39 is 0 Å². The molecule has 5 heteroatoms. The molecule has 0 aliphatic heterocycles. The van der Waals surface area contributed by atoms with E-state index in [1.807, 2.05) is 42.5 Å². The van der Waals surface area contributed by atoms with Gasteiger partial charge in [-0.15, -0.1) is 0 Å². The SMILES string of the molecule is N#Cc1ccc(-c2nc([C@@H](N)Cc3ccccc3)[nH]c2Cl)cc1. The molecule has 1 atom stereocenters. The van der Waals surface area contributed by atoms with Crippen LogP contribution in [-0.4, -0.2) is 9.97 Å². The van der Waals surface area contributed by atoms with Gasteiger partial charge in [-0.3, -0.25) is 0 Å². The molecule has 0 unspecified atom stereocenters. The fourth-order valence-electron chi connectivity index (χ4n) is 2.40. The second-order valence-electron chi connectivity index (χ2n) is 5.27. The Morgan fingerprint density at radius 1 is 1.13 bits per heavy atom. The largest absolute Gasteiger partial charge is 0.331 e. The predicted octanol–water partition coefficient (Wildman–Crippen LogP) is 3.84. The van der Waals surface area contributed by atoms with Gasteiger partial charge in [0, 0.05) is 5.56 Å². The minimum absolute atomic E-state index is 0.262. The Balaban J connectivity index is 1.84. The molecule has 1 heterocycles. The highest BCUT2D eigenvalue weighted by Crippen LogP contribution is 2.28. The standard InChI is InChI=1S/C18H15ClN4/c19-17-16(14-8-6-13(11-20)7-9-14)22-18(23-17)15(21)10-12-4-2-1-3-5-12/h1-9,15H,10,21H2,(H,22,23)/t15-/m0/s1. The average Bonchev–Trinajstić information content (AvgIpc) is 2.98. The molecule has 0 saturated carbocycles. The average molecular weight is 323 g/mol. The second kappa shape index (κ2) is 6.66. The maximum Gasteiger partial charge on any atom is 0.134 e. The Labute approximate surface area is 139 Å². The minimum Gasteiger partial charge on any atom is -0.331 e. The lowest BCUT2D eigenvalue weighted by Crippen LogP contribution is -2.15. The summed E-state index contributed by atoms with van der Waals surface area (Å²) in [4.78, 5) is 7.59. The van der Waals surface area contributed by atoms with Crippen LogP contribution in [0, 0.1) is 11.3 Å². The Bertz CT molecular complexity index is 832. The van der Waals surface area contributed by atoms with Crippen molar-refractivity contribution in [1.29, 1.82) is 5.26 Å². The highest BCUT2D eigenvalue weighted by molar-refractivity contribution is 6.31. The molecule has 0 bridgehead atoms. The Morgan fingerprint density at radius 3 is 2.48 bits per heavy atom. The van der Waals surface area contributed by atoms with Crippen LogP contribution in [0.15, 0.2) is 54.6 Å². The van der Waals surface area contributed by atoms with Crippen molar-refractivity contribution in [1.82, 2.24) is 9.97 Å². The van der Waals surface area contributed by atoms with Crippen molar-refractivity contribution >= 4 is 11.6 Å². The number of halogens is 1. The summed E-state index contributed by atoms with van der Waals surface area (Å²) in [5, 5.41) is 9.31. The summed E-state index contributed by atoms with van der Waals surface area (Å²) in [6, 6.07) is 19.0. The molecule has 2 aromatic carbocycles. The number of aromatic amines is 1. The molecule has 23 heavy (non-hydrogen) atoms. The van der Waals surface area contributed by atoms with Gasteiger partial charge in [0.15, 0.2) is 0 Å². The van der Waals surface area contributed by atoms with Crippen LogP contribution >= 0.6 is 11.6 Å². The van der Waals surface area contributed by atoms with Gasteiger partial charge in [-0.25, -0.2) is 4.98 Å². The van der Waals surface area contributed by atoms with E-state index in [0.29, 0.717) is 28.7 Å². The van der Waals surface area contributed by atoms with Crippen molar-refractivity contribution in [2.75, 3.05) is 0 Å². The fourth-order valence-corrected chi connectivity index (χ4v) is 2.65. The number of rotatable bonds is 4. The maximum absolute atomic E-state index is 8.86. The van der Waals surface area contributed by atoms with Crippen LogP contribution in [-0.2, 0) is 6.42 Å². The van der Waals surface area contributed by atoms with E-state index in [9.17, 15) is 0 Å². The van der Waals surface area contributed by atoms with Gasteiger partial charge >= 0.3 is 0 Å². The molecule has 0 aliphatic rings. The molecular weight excluding hydrogens is 308 g/mol. The number of H-pyrrole nitrogens is 1. The number of benzene rings is 2. The lowest BCUT2D eigenvalue weighted by atomic mass is 10.1. The van der Waals surface area contributed by atoms with Gasteiger partial charge in [0.05, 0.1) is 17.7 Å². The first-order valence-corrected chi connectivity index (χ1v) is 7.60. The number of nitrogens with one attached hydrogen (secondary N) is 1. The van der Waals surface area contributed by atoms with Crippen molar-refractivity contribution in [3.05, 3.63) is 76.7 Å². The van der Waals surface area contributed by atoms with E-state index in [0.717, 1.165) is 11.1 Å². The summed E-state index contributed by atoms with van der Waals surface area (Å²) < 4.78 is 0. The summed E-state index contributed by atoms with van der Waals surface area (Å²) in [5.74, 6) is 0.651. The Hall–Kier alpha value is -2.61. The van der Waals surface area contributed by atoms with Crippen LogP contribution in [0.2, 0.25) is 5.15 Å². The number of nitrogens with two attached hydrogens (primary N) is 1. The zero-order valence-corrected chi connectivity index (χ0v) is 13.1. The third-order valence-corrected chi connectivity index (χ3v) is 3.89. The molecule has 3 N–H and O–H groups in total. The van der Waals surface area contributed by atoms with Crippen molar-refractivity contribution in [3.8, 4) is 17.3 Å². The lowest BCUT2D eigenvalue weighted by molar-refractivity contribution is 0.678. The molecule has 0 aliphatic carbocycles. The summed E-state index contributed by atoms with van der Waals surface area (Å²) in [7, 11) is 0. The second-order valence-corrected chi connectivity index (χ2v) is 5.65. The van der Waals surface area contributed by atoms with Crippen molar-refractivity contribution in [2.45, 2.75) is 12.5 Å². The molecule has 3 aromatic rings. The van der Waals surface area contributed by atoms with Gasteiger partial charge in [-0.05, 0) is 24.1 Å².